The van der Waals surface area contributed by atoms with E-state index < -0.39 is 0 Å². The van der Waals surface area contributed by atoms with Crippen LogP contribution in [0, 0.1) is 0 Å². The average molecular weight is 250 g/mol. The lowest BCUT2D eigenvalue weighted by Gasteiger charge is -2.21. The van der Waals surface area contributed by atoms with Crippen molar-refractivity contribution in [3.63, 3.8) is 0 Å². The van der Waals surface area contributed by atoms with Gasteiger partial charge < -0.3 is 5.73 Å². The second-order valence-electron chi connectivity index (χ2n) is 4.23. The van der Waals surface area contributed by atoms with Crippen LogP contribution in [-0.4, -0.2) is 9.78 Å². The summed E-state index contributed by atoms with van der Waals surface area (Å²) < 4.78 is 1.74. The molecule has 1 aromatic carbocycles. The maximum absolute atomic E-state index is 6.27. The summed E-state index contributed by atoms with van der Waals surface area (Å²) in [7, 11) is 1.86. The van der Waals surface area contributed by atoms with E-state index in [1.165, 1.54) is 5.56 Å². The van der Waals surface area contributed by atoms with Crippen molar-refractivity contribution in [3.8, 4) is 0 Å². The van der Waals surface area contributed by atoms with E-state index in [1.54, 1.807) is 10.9 Å². The average Bonchev–Trinajstić information content (AvgIpc) is 2.68. The molecule has 0 spiro atoms. The highest BCUT2D eigenvalue weighted by atomic mass is 35.5. The number of hydrogen-bond donors (Lipinski definition) is 1. The van der Waals surface area contributed by atoms with Crippen molar-refractivity contribution >= 4 is 11.6 Å². The van der Waals surface area contributed by atoms with Crippen molar-refractivity contribution in [1.29, 1.82) is 0 Å². The lowest BCUT2D eigenvalue weighted by Crippen LogP contribution is -2.21. The van der Waals surface area contributed by atoms with E-state index in [9.17, 15) is 0 Å². The van der Waals surface area contributed by atoms with Gasteiger partial charge in [0.05, 0.1) is 23.0 Å². The van der Waals surface area contributed by atoms with Crippen molar-refractivity contribution in [1.82, 2.24) is 9.78 Å². The topological polar surface area (TPSA) is 43.8 Å². The van der Waals surface area contributed by atoms with Crippen LogP contribution >= 0.6 is 11.6 Å². The molecular weight excluding hydrogens is 234 g/mol. The number of rotatable bonds is 3. The first-order valence-electron chi connectivity index (χ1n) is 5.59. The van der Waals surface area contributed by atoms with Crippen molar-refractivity contribution in [2.24, 2.45) is 12.8 Å². The molecule has 0 saturated heterocycles. The third kappa shape index (κ3) is 2.35. The summed E-state index contributed by atoms with van der Waals surface area (Å²) >= 11 is 6.11. The summed E-state index contributed by atoms with van der Waals surface area (Å²) in [6.45, 7) is 2.10. The van der Waals surface area contributed by atoms with Crippen LogP contribution in [0.5, 0.6) is 0 Å². The van der Waals surface area contributed by atoms with Gasteiger partial charge in [-0.1, -0.05) is 48.9 Å². The molecule has 4 heteroatoms. The molecule has 2 atom stereocenters. The summed E-state index contributed by atoms with van der Waals surface area (Å²) in [5, 5.41) is 4.75. The smallest absolute Gasteiger partial charge is 0.0834 e. The van der Waals surface area contributed by atoms with Crippen LogP contribution in [0.15, 0.2) is 36.5 Å². The van der Waals surface area contributed by atoms with E-state index in [4.69, 9.17) is 17.3 Å². The van der Waals surface area contributed by atoms with E-state index in [-0.39, 0.29) is 12.0 Å². The van der Waals surface area contributed by atoms with Gasteiger partial charge in [-0.15, -0.1) is 0 Å². The molecule has 0 amide bonds. The Morgan fingerprint density at radius 2 is 1.94 bits per heavy atom. The van der Waals surface area contributed by atoms with E-state index in [0.29, 0.717) is 5.02 Å². The van der Waals surface area contributed by atoms with Crippen LogP contribution in [0.25, 0.3) is 0 Å². The Morgan fingerprint density at radius 3 is 2.47 bits per heavy atom. The van der Waals surface area contributed by atoms with Gasteiger partial charge in [-0.05, 0) is 5.56 Å². The Balaban J connectivity index is 2.30. The molecule has 0 fully saturated rings. The lowest BCUT2D eigenvalue weighted by molar-refractivity contribution is 0.545. The highest BCUT2D eigenvalue weighted by Crippen LogP contribution is 2.31. The van der Waals surface area contributed by atoms with E-state index in [0.717, 1.165) is 5.69 Å². The normalized spacial score (nSPS) is 14.6. The summed E-state index contributed by atoms with van der Waals surface area (Å²) in [6.07, 6.45) is 1.63. The van der Waals surface area contributed by atoms with Gasteiger partial charge in [0.2, 0.25) is 0 Å². The van der Waals surface area contributed by atoms with Gasteiger partial charge in [0, 0.05) is 13.0 Å². The minimum atomic E-state index is -0.155. The van der Waals surface area contributed by atoms with Gasteiger partial charge in [-0.25, -0.2) is 0 Å². The first-order valence-corrected chi connectivity index (χ1v) is 5.97. The van der Waals surface area contributed by atoms with Crippen LogP contribution in [0.4, 0.5) is 0 Å². The zero-order valence-corrected chi connectivity index (χ0v) is 10.7. The summed E-state index contributed by atoms with van der Waals surface area (Å²) in [5.41, 5.74) is 8.35. The first-order chi connectivity index (χ1) is 8.11. The predicted molar refractivity (Wildman–Crippen MR) is 70.0 cm³/mol. The summed E-state index contributed by atoms with van der Waals surface area (Å²) in [6, 6.07) is 10.0. The van der Waals surface area contributed by atoms with Crippen LogP contribution in [-0.2, 0) is 7.05 Å². The predicted octanol–water partition coefficient (Wildman–Crippen LogP) is 2.88. The molecule has 2 rings (SSSR count). The van der Waals surface area contributed by atoms with Crippen molar-refractivity contribution < 1.29 is 0 Å². The second-order valence-corrected chi connectivity index (χ2v) is 4.63. The van der Waals surface area contributed by atoms with E-state index in [2.05, 4.69) is 24.2 Å². The van der Waals surface area contributed by atoms with Crippen molar-refractivity contribution in [2.75, 3.05) is 0 Å². The Bertz CT molecular complexity index is 473. The zero-order chi connectivity index (χ0) is 12.4. The van der Waals surface area contributed by atoms with Crippen LogP contribution < -0.4 is 5.73 Å². The molecule has 0 aliphatic carbocycles. The van der Waals surface area contributed by atoms with Crippen LogP contribution in [0.1, 0.15) is 30.1 Å². The Kier molecular flexibility index (Phi) is 3.50. The Labute approximate surface area is 106 Å². The monoisotopic (exact) mass is 249 g/mol. The molecule has 1 aromatic heterocycles. The SMILES string of the molecule is CC(c1ccccc1)C(N)c1c(Cl)cnn1C. The van der Waals surface area contributed by atoms with Gasteiger partial charge in [0.25, 0.3) is 0 Å². The maximum Gasteiger partial charge on any atom is 0.0834 e. The first kappa shape index (κ1) is 12.1. The molecule has 2 aromatic rings. The molecule has 0 aliphatic heterocycles. The van der Waals surface area contributed by atoms with Gasteiger partial charge in [-0.2, -0.15) is 5.10 Å². The van der Waals surface area contributed by atoms with E-state index >= 15 is 0 Å². The number of hydrogen-bond acceptors (Lipinski definition) is 2. The number of halogens is 1. The standard InChI is InChI=1S/C13H16ClN3/c1-9(10-6-4-3-5-7-10)12(15)13-11(14)8-16-17(13)2/h3-9,12H,15H2,1-2H3. The quantitative estimate of drug-likeness (QED) is 0.909. The molecular formula is C13H16ClN3. The number of nitrogens with zero attached hydrogens (tertiary/aromatic N) is 2. The summed E-state index contributed by atoms with van der Waals surface area (Å²) in [4.78, 5) is 0. The second kappa shape index (κ2) is 4.90. The Hall–Kier alpha value is -1.32. The lowest BCUT2D eigenvalue weighted by atomic mass is 9.92. The van der Waals surface area contributed by atoms with Crippen LogP contribution in [0.2, 0.25) is 5.02 Å². The fraction of sp³-hybridized carbons (Fsp3) is 0.308. The third-order valence-electron chi connectivity index (χ3n) is 3.12. The maximum atomic E-state index is 6.27. The highest BCUT2D eigenvalue weighted by molar-refractivity contribution is 6.31. The molecule has 90 valence electrons. The third-order valence-corrected chi connectivity index (χ3v) is 3.41. The highest BCUT2D eigenvalue weighted by Gasteiger charge is 2.22. The van der Waals surface area contributed by atoms with E-state index in [1.807, 2.05) is 25.2 Å². The molecule has 1 heterocycles. The molecule has 3 nitrogen and oxygen atoms in total. The Morgan fingerprint density at radius 1 is 1.29 bits per heavy atom. The fourth-order valence-electron chi connectivity index (χ4n) is 2.00. The number of benzene rings is 1. The van der Waals surface area contributed by atoms with Gasteiger partial charge in [-0.3, -0.25) is 4.68 Å². The molecule has 0 radical (unpaired) electrons. The molecule has 2 N–H and O–H groups in total. The van der Waals surface area contributed by atoms with Gasteiger partial charge in [0.1, 0.15) is 0 Å². The fourth-order valence-corrected chi connectivity index (χ4v) is 2.29. The minimum absolute atomic E-state index is 0.155. The largest absolute Gasteiger partial charge is 0.322 e. The number of aromatic nitrogens is 2. The minimum Gasteiger partial charge on any atom is -0.322 e. The zero-order valence-electron chi connectivity index (χ0n) is 9.97. The number of nitrogens with two attached hydrogens (primary N) is 1. The van der Waals surface area contributed by atoms with Crippen molar-refractivity contribution in [2.45, 2.75) is 18.9 Å². The molecule has 17 heavy (non-hydrogen) atoms. The van der Waals surface area contributed by atoms with Gasteiger partial charge >= 0.3 is 0 Å². The van der Waals surface area contributed by atoms with Crippen molar-refractivity contribution in [3.05, 3.63) is 52.8 Å². The summed E-state index contributed by atoms with van der Waals surface area (Å²) in [5.74, 6) is 0.198. The molecule has 0 aliphatic rings. The molecule has 0 bridgehead atoms. The van der Waals surface area contributed by atoms with Gasteiger partial charge in [0.15, 0.2) is 0 Å². The number of aryl methyl sites for hydroxylation is 1. The molecule has 0 saturated carbocycles. The van der Waals surface area contributed by atoms with Crippen LogP contribution in [0.3, 0.4) is 0 Å². The molecule has 2 unspecified atom stereocenters.